The molecular formula is C21H32N2O2. The molecule has 2 fully saturated rings. The van der Waals surface area contributed by atoms with Crippen LogP contribution in [0.2, 0.25) is 0 Å². The van der Waals surface area contributed by atoms with Gasteiger partial charge >= 0.3 is 0 Å². The number of rotatable bonds is 8. The molecule has 0 amide bonds. The number of benzene rings is 1. The third kappa shape index (κ3) is 5.29. The van der Waals surface area contributed by atoms with Crippen molar-refractivity contribution in [2.24, 2.45) is 0 Å². The van der Waals surface area contributed by atoms with E-state index in [2.05, 4.69) is 11.8 Å². The van der Waals surface area contributed by atoms with Gasteiger partial charge in [0.2, 0.25) is 0 Å². The maximum absolute atomic E-state index is 12.0. The second kappa shape index (κ2) is 8.81. The SMILES string of the molecule is CCN(C)CC(=O)Cc1ccc(OC2CCN(C3CCC3)CC2)cc1. The maximum Gasteiger partial charge on any atom is 0.151 e. The van der Waals surface area contributed by atoms with E-state index in [0.717, 1.165) is 36.7 Å². The van der Waals surface area contributed by atoms with Gasteiger partial charge in [-0.05, 0) is 57.0 Å². The molecule has 0 atom stereocenters. The number of Topliss-reactive ketones (excluding diaryl/α,β-unsaturated/α-hetero) is 1. The van der Waals surface area contributed by atoms with E-state index in [0.29, 0.717) is 19.1 Å². The first kappa shape index (κ1) is 18.4. The number of carbonyl (C=O) groups excluding carboxylic acids is 1. The van der Waals surface area contributed by atoms with Crippen molar-refractivity contribution < 1.29 is 9.53 Å². The highest BCUT2D eigenvalue weighted by Crippen LogP contribution is 2.28. The first-order valence-electron chi connectivity index (χ1n) is 9.84. The first-order chi connectivity index (χ1) is 12.1. The summed E-state index contributed by atoms with van der Waals surface area (Å²) in [4.78, 5) is 16.7. The molecule has 4 nitrogen and oxygen atoms in total. The second-order valence-corrected chi connectivity index (χ2v) is 7.63. The van der Waals surface area contributed by atoms with Gasteiger partial charge in [0.15, 0.2) is 5.78 Å². The predicted molar refractivity (Wildman–Crippen MR) is 101 cm³/mol. The number of hydrogen-bond acceptors (Lipinski definition) is 4. The average molecular weight is 344 g/mol. The largest absolute Gasteiger partial charge is 0.490 e. The molecule has 25 heavy (non-hydrogen) atoms. The molecule has 0 N–H and O–H groups in total. The molecule has 1 aromatic rings. The van der Waals surface area contributed by atoms with E-state index in [1.807, 2.05) is 36.2 Å². The summed E-state index contributed by atoms with van der Waals surface area (Å²) in [6.07, 6.45) is 7.27. The molecular weight excluding hydrogens is 312 g/mol. The lowest BCUT2D eigenvalue weighted by atomic mass is 9.90. The van der Waals surface area contributed by atoms with E-state index in [4.69, 9.17) is 4.74 Å². The van der Waals surface area contributed by atoms with Gasteiger partial charge in [0.25, 0.3) is 0 Å². The van der Waals surface area contributed by atoms with Crippen LogP contribution in [0.25, 0.3) is 0 Å². The van der Waals surface area contributed by atoms with Crippen molar-refractivity contribution in [1.82, 2.24) is 9.80 Å². The van der Waals surface area contributed by atoms with Crippen LogP contribution >= 0.6 is 0 Å². The number of nitrogens with zero attached hydrogens (tertiary/aromatic N) is 2. The Morgan fingerprint density at radius 2 is 1.84 bits per heavy atom. The molecule has 4 heteroatoms. The van der Waals surface area contributed by atoms with Crippen molar-refractivity contribution in [3.63, 3.8) is 0 Å². The number of carbonyl (C=O) groups is 1. The molecule has 0 unspecified atom stereocenters. The number of ketones is 1. The summed E-state index contributed by atoms with van der Waals surface area (Å²) in [5.74, 6) is 1.20. The number of ether oxygens (including phenoxy) is 1. The Morgan fingerprint density at radius 1 is 1.16 bits per heavy atom. The smallest absolute Gasteiger partial charge is 0.151 e. The highest BCUT2D eigenvalue weighted by molar-refractivity contribution is 5.82. The molecule has 1 saturated carbocycles. The van der Waals surface area contributed by atoms with Gasteiger partial charge in [0.1, 0.15) is 11.9 Å². The summed E-state index contributed by atoms with van der Waals surface area (Å²) in [5.41, 5.74) is 1.07. The van der Waals surface area contributed by atoms with Gasteiger partial charge in [-0.1, -0.05) is 25.5 Å². The van der Waals surface area contributed by atoms with Crippen molar-refractivity contribution in [1.29, 1.82) is 0 Å². The Kier molecular flexibility index (Phi) is 6.49. The van der Waals surface area contributed by atoms with E-state index < -0.39 is 0 Å². The van der Waals surface area contributed by atoms with Crippen molar-refractivity contribution in [3.8, 4) is 5.75 Å². The van der Waals surface area contributed by atoms with Crippen LogP contribution in [0.4, 0.5) is 0 Å². The van der Waals surface area contributed by atoms with Crippen molar-refractivity contribution in [3.05, 3.63) is 29.8 Å². The van der Waals surface area contributed by atoms with E-state index in [1.54, 1.807) is 0 Å². The molecule has 1 saturated heterocycles. The number of piperidine rings is 1. The minimum Gasteiger partial charge on any atom is -0.490 e. The summed E-state index contributed by atoms with van der Waals surface area (Å²) in [5, 5.41) is 0. The molecule has 2 aliphatic rings. The first-order valence-corrected chi connectivity index (χ1v) is 9.84. The van der Waals surface area contributed by atoms with Crippen LogP contribution in [0.1, 0.15) is 44.6 Å². The molecule has 0 bridgehead atoms. The molecule has 1 aliphatic carbocycles. The lowest BCUT2D eigenvalue weighted by molar-refractivity contribution is -0.119. The fraction of sp³-hybridized carbons (Fsp3) is 0.667. The van der Waals surface area contributed by atoms with Crippen LogP contribution < -0.4 is 4.74 Å². The Morgan fingerprint density at radius 3 is 2.40 bits per heavy atom. The highest BCUT2D eigenvalue weighted by Gasteiger charge is 2.29. The Bertz CT molecular complexity index is 546. The van der Waals surface area contributed by atoms with Crippen LogP contribution in [0.5, 0.6) is 5.75 Å². The normalized spacial score (nSPS) is 19.8. The average Bonchev–Trinajstić information content (AvgIpc) is 2.56. The summed E-state index contributed by atoms with van der Waals surface area (Å²) >= 11 is 0. The fourth-order valence-electron chi connectivity index (χ4n) is 3.69. The van der Waals surface area contributed by atoms with Crippen LogP contribution in [0.3, 0.4) is 0 Å². The van der Waals surface area contributed by atoms with Gasteiger partial charge in [-0.2, -0.15) is 0 Å². The monoisotopic (exact) mass is 344 g/mol. The Labute approximate surface area is 152 Å². The van der Waals surface area contributed by atoms with E-state index in [9.17, 15) is 4.79 Å². The molecule has 0 radical (unpaired) electrons. The molecule has 1 aliphatic heterocycles. The summed E-state index contributed by atoms with van der Waals surface area (Å²) < 4.78 is 6.16. The summed E-state index contributed by atoms with van der Waals surface area (Å²) in [6, 6.07) is 8.95. The van der Waals surface area contributed by atoms with Crippen molar-refractivity contribution >= 4 is 5.78 Å². The zero-order valence-corrected chi connectivity index (χ0v) is 15.7. The van der Waals surface area contributed by atoms with E-state index in [-0.39, 0.29) is 5.78 Å². The standard InChI is InChI=1S/C21H32N2O2/c1-3-22(2)16-19(24)15-17-7-9-20(10-8-17)25-21-11-13-23(14-12-21)18-5-4-6-18/h7-10,18,21H,3-6,11-16H2,1-2H3. The van der Waals surface area contributed by atoms with Gasteiger partial charge < -0.3 is 9.64 Å². The van der Waals surface area contributed by atoms with E-state index >= 15 is 0 Å². The number of likely N-dealkylation sites (N-methyl/N-ethyl adjacent to an activating group) is 1. The van der Waals surface area contributed by atoms with Gasteiger partial charge in [-0.3, -0.25) is 9.69 Å². The molecule has 0 spiro atoms. The lowest BCUT2D eigenvalue weighted by Gasteiger charge is -2.41. The van der Waals surface area contributed by atoms with E-state index in [1.165, 1.54) is 32.4 Å². The van der Waals surface area contributed by atoms with Crippen LogP contribution in [0, 0.1) is 0 Å². The lowest BCUT2D eigenvalue weighted by Crippen LogP contribution is -2.46. The van der Waals surface area contributed by atoms with Crippen LogP contribution in [-0.2, 0) is 11.2 Å². The zero-order chi connectivity index (χ0) is 17.6. The maximum atomic E-state index is 12.0. The number of likely N-dealkylation sites (tertiary alicyclic amines) is 1. The molecule has 3 rings (SSSR count). The highest BCUT2D eigenvalue weighted by atomic mass is 16.5. The minimum atomic E-state index is 0.265. The third-order valence-electron chi connectivity index (χ3n) is 5.68. The summed E-state index contributed by atoms with van der Waals surface area (Å²) in [6.45, 7) is 5.84. The van der Waals surface area contributed by atoms with Crippen LogP contribution in [0.15, 0.2) is 24.3 Å². The van der Waals surface area contributed by atoms with Crippen molar-refractivity contribution in [2.75, 3.05) is 33.2 Å². The zero-order valence-electron chi connectivity index (χ0n) is 15.7. The second-order valence-electron chi connectivity index (χ2n) is 7.63. The van der Waals surface area contributed by atoms with Gasteiger partial charge in [-0.25, -0.2) is 0 Å². The van der Waals surface area contributed by atoms with Gasteiger partial charge in [0, 0.05) is 25.6 Å². The molecule has 0 aromatic heterocycles. The van der Waals surface area contributed by atoms with Gasteiger partial charge in [0.05, 0.1) is 6.54 Å². The Balaban J connectivity index is 1.42. The minimum absolute atomic E-state index is 0.265. The van der Waals surface area contributed by atoms with Crippen LogP contribution in [-0.4, -0.2) is 61.0 Å². The topological polar surface area (TPSA) is 32.8 Å². The summed E-state index contributed by atoms with van der Waals surface area (Å²) in [7, 11) is 1.98. The molecule has 1 aromatic carbocycles. The third-order valence-corrected chi connectivity index (χ3v) is 5.68. The predicted octanol–water partition coefficient (Wildman–Crippen LogP) is 3.15. The van der Waals surface area contributed by atoms with Crippen molar-refractivity contribution in [2.45, 2.75) is 57.6 Å². The number of hydrogen-bond donors (Lipinski definition) is 0. The fourth-order valence-corrected chi connectivity index (χ4v) is 3.69. The van der Waals surface area contributed by atoms with Gasteiger partial charge in [-0.15, -0.1) is 0 Å². The molecule has 1 heterocycles. The Hall–Kier alpha value is -1.39. The molecule has 138 valence electrons. The quantitative estimate of drug-likeness (QED) is 0.725.